The summed E-state index contributed by atoms with van der Waals surface area (Å²) in [5, 5.41) is 0. The number of hydrogen-bond acceptors (Lipinski definition) is 14. The number of thiol groups is 1. The summed E-state index contributed by atoms with van der Waals surface area (Å²) < 4.78 is 78.2. The number of nitrogen functional groups attached to an aromatic ring is 1. The molecule has 3 saturated heterocycles. The van der Waals surface area contributed by atoms with Gasteiger partial charge in [0.05, 0.1) is 19.5 Å². The summed E-state index contributed by atoms with van der Waals surface area (Å²) in [6.45, 7) is -5.38. The lowest BCUT2D eigenvalue weighted by Crippen LogP contribution is -2.39. The third kappa shape index (κ3) is 5.28. The molecule has 0 bridgehead atoms. The number of aromatic amines is 2. The molecule has 43 heavy (non-hydrogen) atoms. The van der Waals surface area contributed by atoms with Crippen LogP contribution in [0.3, 0.4) is 0 Å². The van der Waals surface area contributed by atoms with Gasteiger partial charge in [0.2, 0.25) is 5.52 Å². The van der Waals surface area contributed by atoms with E-state index in [1.165, 1.54) is 28.1 Å². The second-order valence-electron chi connectivity index (χ2n) is 9.81. The lowest BCUT2D eigenvalue weighted by atomic mass is 10.1. The summed E-state index contributed by atoms with van der Waals surface area (Å²) in [7, 11) is -4.95. The summed E-state index contributed by atoms with van der Waals surface area (Å²) in [6.07, 6.45) is -4.54. The van der Waals surface area contributed by atoms with Gasteiger partial charge in [0.1, 0.15) is 36.3 Å². The highest BCUT2D eigenvalue weighted by atomic mass is 32.7. The van der Waals surface area contributed by atoms with Gasteiger partial charge in [-0.2, -0.15) is 0 Å². The summed E-state index contributed by atoms with van der Waals surface area (Å²) in [6, 6.07) is 0. The minimum atomic E-state index is -4.95. The minimum Gasteiger partial charge on any atom is -0.382 e. The molecule has 2 unspecified atom stereocenters. The van der Waals surface area contributed by atoms with Crippen molar-refractivity contribution in [2.24, 2.45) is 0 Å². The number of alkyl halides is 1. The van der Waals surface area contributed by atoms with E-state index in [2.05, 4.69) is 42.2 Å². The van der Waals surface area contributed by atoms with E-state index in [0.717, 1.165) is 6.33 Å². The monoisotopic (exact) mass is 662 g/mol. The number of hydrogen-bond donors (Lipinski definition) is 5. The van der Waals surface area contributed by atoms with Gasteiger partial charge < -0.3 is 20.1 Å². The van der Waals surface area contributed by atoms with Crippen LogP contribution in [0.4, 0.5) is 10.2 Å². The van der Waals surface area contributed by atoms with Crippen molar-refractivity contribution in [3.8, 4) is 0 Å². The fourth-order valence-corrected chi connectivity index (χ4v) is 7.70. The van der Waals surface area contributed by atoms with Crippen molar-refractivity contribution in [2.45, 2.75) is 49.5 Å². The maximum Gasteiger partial charge on any atom is 0.472 e. The number of anilines is 1. The van der Waals surface area contributed by atoms with Gasteiger partial charge in [-0.1, -0.05) is 17.2 Å². The number of nitrogens with two attached hydrogens (primary N) is 1. The van der Waals surface area contributed by atoms with Gasteiger partial charge in [0.25, 0.3) is 5.56 Å². The minimum absolute atomic E-state index is 0.0283. The van der Waals surface area contributed by atoms with E-state index in [1.807, 2.05) is 0 Å². The van der Waals surface area contributed by atoms with Crippen LogP contribution in [0.1, 0.15) is 18.9 Å². The number of nitrogens with one attached hydrogen (secondary N) is 2. The van der Waals surface area contributed by atoms with Gasteiger partial charge >= 0.3 is 20.3 Å². The average molecular weight is 662 g/mol. The van der Waals surface area contributed by atoms with Crippen molar-refractivity contribution >= 4 is 55.0 Å². The number of phosphoric acid groups is 1. The van der Waals surface area contributed by atoms with Crippen LogP contribution in [0.5, 0.6) is 0 Å². The summed E-state index contributed by atoms with van der Waals surface area (Å²) in [5.41, 5.74) is 6.15. The van der Waals surface area contributed by atoms with Crippen molar-refractivity contribution in [3.63, 3.8) is 0 Å². The third-order valence-electron chi connectivity index (χ3n) is 7.17. The molecule has 0 radical (unpaired) electrons. The van der Waals surface area contributed by atoms with Crippen molar-refractivity contribution in [3.05, 3.63) is 35.7 Å². The van der Waals surface area contributed by atoms with Gasteiger partial charge in [-0.15, -0.1) is 0 Å². The number of nitrogens with zero attached hydrogens (tertiary/aromatic N) is 6. The number of aromatic nitrogens is 8. The number of rotatable bonds is 2. The maximum atomic E-state index is 15.9. The van der Waals surface area contributed by atoms with Crippen molar-refractivity contribution in [2.75, 3.05) is 18.9 Å². The van der Waals surface area contributed by atoms with Gasteiger partial charge in [0, 0.05) is 6.42 Å². The van der Waals surface area contributed by atoms with E-state index in [9.17, 15) is 18.8 Å². The topological polar surface area (TPSA) is 245 Å². The SMILES string of the molecule is Nc1ncnc2c1ncn2[C@@H]1O[C@@H]2COP(=O)(S)O[C@H]3C[C@H]([n+]4c[nH]c5c(=O)[nH]cnc54)O[C@@H]3COP(=O)(O)O[C@H]2[C@H]1F. The Labute approximate surface area is 244 Å². The summed E-state index contributed by atoms with van der Waals surface area (Å²) in [5.74, 6) is 0.0488. The molecule has 3 aliphatic rings. The molecular formula is C20H23FN9O10P2S+. The van der Waals surface area contributed by atoms with Gasteiger partial charge in [-0.25, -0.2) is 33.0 Å². The normalized spacial score (nSPS) is 37.1. The van der Waals surface area contributed by atoms with Crippen LogP contribution >= 0.6 is 26.9 Å². The Kier molecular flexibility index (Phi) is 7.16. The lowest BCUT2D eigenvalue weighted by molar-refractivity contribution is -0.738. The number of fused-ring (bicyclic) bond motifs is 4. The standard InChI is InChI=1S/C20H22FN9O10P2S/c21-12-15-10(38-20(12)30-7-27-13-16(22)23-4-24-17(13)30)3-36-42(34,43)39-8-1-11(37-9(8)2-35-41(32,33)40-15)29-6-28-14-18(29)25-5-26-19(14)31/h4-12,15,20H,1-3H2,(H5,22,23,24,25,26,31,32,33,34,43)/p+1/t8-,9+,10+,11+,12+,15+,20+,42?/m0/s1. The molecule has 7 heterocycles. The number of phosphoric ester groups is 1. The molecule has 0 aliphatic carbocycles. The Morgan fingerprint density at radius 2 is 1.91 bits per heavy atom. The fraction of sp³-hybridized carbons (Fsp3) is 0.500. The predicted octanol–water partition coefficient (Wildman–Crippen LogP) is 0.439. The molecule has 0 aromatic carbocycles. The van der Waals surface area contributed by atoms with E-state index in [1.54, 1.807) is 0 Å². The zero-order valence-electron chi connectivity index (χ0n) is 21.6. The second-order valence-corrected chi connectivity index (χ2v) is 14.1. The molecule has 19 nitrogen and oxygen atoms in total. The fourth-order valence-electron chi connectivity index (χ4n) is 5.22. The Bertz CT molecular complexity index is 1860. The Hall–Kier alpha value is -2.84. The molecule has 23 heteroatoms. The zero-order valence-corrected chi connectivity index (χ0v) is 24.3. The predicted molar refractivity (Wildman–Crippen MR) is 142 cm³/mol. The molecular weight excluding hydrogens is 639 g/mol. The number of H-pyrrole nitrogens is 2. The van der Waals surface area contributed by atoms with Gasteiger partial charge in [-0.05, 0) is 0 Å². The molecule has 4 aromatic heterocycles. The maximum absolute atomic E-state index is 15.9. The van der Waals surface area contributed by atoms with Crippen LogP contribution in [0, 0.1) is 0 Å². The van der Waals surface area contributed by atoms with Gasteiger partial charge in [-0.3, -0.25) is 37.4 Å². The highest BCUT2D eigenvalue weighted by molar-refractivity contribution is 8.44. The van der Waals surface area contributed by atoms with Crippen molar-refractivity contribution in [1.82, 2.24) is 34.5 Å². The van der Waals surface area contributed by atoms with Crippen LogP contribution in [0.15, 0.2) is 30.1 Å². The second kappa shape index (κ2) is 10.7. The molecule has 0 saturated carbocycles. The van der Waals surface area contributed by atoms with E-state index in [4.69, 9.17) is 33.3 Å². The Balaban J connectivity index is 1.15. The number of ether oxygens (including phenoxy) is 2. The third-order valence-corrected chi connectivity index (χ3v) is 9.80. The first kappa shape index (κ1) is 28.9. The smallest absolute Gasteiger partial charge is 0.382 e. The molecule has 0 spiro atoms. The van der Waals surface area contributed by atoms with Gasteiger partial charge in [0.15, 0.2) is 42.7 Å². The van der Waals surface area contributed by atoms with E-state index in [0.29, 0.717) is 0 Å². The molecule has 0 amide bonds. The summed E-state index contributed by atoms with van der Waals surface area (Å²) >= 11 is 4.07. The molecule has 9 atom stereocenters. The van der Waals surface area contributed by atoms with E-state index >= 15 is 4.39 Å². The van der Waals surface area contributed by atoms with Crippen molar-refractivity contribution < 1.29 is 50.5 Å². The number of halogens is 1. The highest BCUT2D eigenvalue weighted by Gasteiger charge is 2.53. The molecule has 5 N–H and O–H groups in total. The molecule has 3 fully saturated rings. The van der Waals surface area contributed by atoms with E-state index < -0.39 is 76.4 Å². The highest BCUT2D eigenvalue weighted by Crippen LogP contribution is 2.58. The Morgan fingerprint density at radius 3 is 2.74 bits per heavy atom. The Morgan fingerprint density at radius 1 is 1.09 bits per heavy atom. The molecule has 230 valence electrons. The quantitative estimate of drug-likeness (QED) is 0.111. The first-order chi connectivity index (χ1) is 20.5. The molecule has 7 rings (SSSR count). The molecule has 4 aromatic rings. The van der Waals surface area contributed by atoms with Crippen LogP contribution in [-0.2, 0) is 36.7 Å². The average Bonchev–Trinajstić information content (AvgIpc) is 3.72. The van der Waals surface area contributed by atoms with Crippen LogP contribution < -0.4 is 15.9 Å². The molecule has 3 aliphatic heterocycles. The first-order valence-corrected chi connectivity index (χ1v) is 16.8. The van der Waals surface area contributed by atoms with Crippen LogP contribution in [0.25, 0.3) is 22.3 Å². The lowest BCUT2D eigenvalue weighted by Gasteiger charge is -2.27. The number of imidazole rings is 2. The van der Waals surface area contributed by atoms with E-state index in [-0.39, 0.29) is 34.6 Å². The van der Waals surface area contributed by atoms with Crippen LogP contribution in [0.2, 0.25) is 0 Å². The summed E-state index contributed by atoms with van der Waals surface area (Å²) in [4.78, 5) is 44.0. The zero-order chi connectivity index (χ0) is 30.1. The first-order valence-electron chi connectivity index (χ1n) is 12.6. The van der Waals surface area contributed by atoms with Crippen molar-refractivity contribution in [1.29, 1.82) is 0 Å². The largest absolute Gasteiger partial charge is 0.472 e. The van der Waals surface area contributed by atoms with Crippen LogP contribution in [-0.4, -0.2) is 83.2 Å².